The van der Waals surface area contributed by atoms with E-state index < -0.39 is 10.0 Å². The molecule has 1 aliphatic heterocycles. The van der Waals surface area contributed by atoms with Crippen molar-refractivity contribution in [1.82, 2.24) is 4.31 Å². The minimum Gasteiger partial charge on any atom is -0.492 e. The second-order valence-corrected chi connectivity index (χ2v) is 9.99. The third-order valence-corrected chi connectivity index (χ3v) is 7.47. The molecule has 0 atom stereocenters. The molecule has 1 amide bonds. The number of amides is 1. The van der Waals surface area contributed by atoms with Crippen LogP contribution in [0.4, 0.5) is 5.69 Å². The molecule has 0 saturated carbocycles. The van der Waals surface area contributed by atoms with Crippen molar-refractivity contribution in [3.8, 4) is 11.5 Å². The number of carbonyl (C=O) groups excluding carboxylic acids is 1. The maximum atomic E-state index is 13.7. The average molecular weight is 501 g/mol. The molecule has 0 aliphatic carbocycles. The molecule has 0 unspecified atom stereocenters. The van der Waals surface area contributed by atoms with Crippen LogP contribution in [-0.4, -0.2) is 44.9 Å². The van der Waals surface area contributed by atoms with E-state index in [4.69, 9.17) is 21.1 Å². The zero-order chi connectivity index (χ0) is 24.1. The van der Waals surface area contributed by atoms with E-state index in [1.54, 1.807) is 17.0 Å². The molecule has 9 heteroatoms. The van der Waals surface area contributed by atoms with Crippen molar-refractivity contribution < 1.29 is 22.7 Å². The molecule has 0 spiro atoms. The highest BCUT2D eigenvalue weighted by Crippen LogP contribution is 2.32. The summed E-state index contributed by atoms with van der Waals surface area (Å²) >= 11 is 6.27. The molecule has 0 radical (unpaired) electrons. The van der Waals surface area contributed by atoms with Gasteiger partial charge in [-0.1, -0.05) is 54.1 Å². The number of benzene rings is 3. The van der Waals surface area contributed by atoms with Gasteiger partial charge in [-0.25, -0.2) is 8.42 Å². The van der Waals surface area contributed by atoms with E-state index in [0.29, 0.717) is 36.9 Å². The van der Waals surface area contributed by atoms with Crippen molar-refractivity contribution in [2.45, 2.75) is 18.4 Å². The van der Waals surface area contributed by atoms with Crippen LogP contribution in [0, 0.1) is 0 Å². The Morgan fingerprint density at radius 1 is 1.09 bits per heavy atom. The number of nitrogens with zero attached hydrogens (tertiary/aromatic N) is 2. The SMILES string of the molecule is CCOc1ccc(S(=O)(=O)N(CC(=O)N2CCOc3ccccc32)Cc2ccccc2)cc1Cl. The van der Waals surface area contributed by atoms with Gasteiger partial charge in [-0.2, -0.15) is 4.31 Å². The Hall–Kier alpha value is -3.07. The molecule has 3 aromatic rings. The second-order valence-electron chi connectivity index (χ2n) is 7.65. The molecule has 4 rings (SSSR count). The highest BCUT2D eigenvalue weighted by atomic mass is 35.5. The van der Waals surface area contributed by atoms with Gasteiger partial charge in [-0.3, -0.25) is 4.79 Å². The number of fused-ring (bicyclic) bond motifs is 1. The number of halogens is 1. The molecule has 34 heavy (non-hydrogen) atoms. The summed E-state index contributed by atoms with van der Waals surface area (Å²) in [7, 11) is -4.05. The van der Waals surface area contributed by atoms with Crippen molar-refractivity contribution >= 4 is 33.2 Å². The van der Waals surface area contributed by atoms with Crippen LogP contribution in [0.1, 0.15) is 12.5 Å². The van der Waals surface area contributed by atoms with Crippen molar-refractivity contribution in [1.29, 1.82) is 0 Å². The van der Waals surface area contributed by atoms with E-state index in [1.807, 2.05) is 49.4 Å². The van der Waals surface area contributed by atoms with Crippen LogP contribution < -0.4 is 14.4 Å². The first-order valence-corrected chi connectivity index (χ1v) is 12.7. The van der Waals surface area contributed by atoms with Gasteiger partial charge < -0.3 is 14.4 Å². The van der Waals surface area contributed by atoms with E-state index in [9.17, 15) is 13.2 Å². The Bertz CT molecular complexity index is 1270. The predicted molar refractivity (Wildman–Crippen MR) is 131 cm³/mol. The van der Waals surface area contributed by atoms with Crippen LogP contribution in [0.25, 0.3) is 0 Å². The minimum absolute atomic E-state index is 0.00735. The van der Waals surface area contributed by atoms with Gasteiger partial charge in [0.1, 0.15) is 18.1 Å². The lowest BCUT2D eigenvalue weighted by molar-refractivity contribution is -0.119. The summed E-state index contributed by atoms with van der Waals surface area (Å²) in [4.78, 5) is 14.9. The Labute approximate surface area is 204 Å². The number of carbonyl (C=O) groups is 1. The lowest BCUT2D eigenvalue weighted by Crippen LogP contribution is -2.45. The highest BCUT2D eigenvalue weighted by molar-refractivity contribution is 7.89. The highest BCUT2D eigenvalue weighted by Gasteiger charge is 2.31. The van der Waals surface area contributed by atoms with Gasteiger partial charge in [0.25, 0.3) is 0 Å². The summed E-state index contributed by atoms with van der Waals surface area (Å²) in [5.41, 5.74) is 1.39. The predicted octanol–water partition coefficient (Wildman–Crippen LogP) is 4.36. The van der Waals surface area contributed by atoms with E-state index in [0.717, 1.165) is 5.56 Å². The maximum absolute atomic E-state index is 13.7. The largest absolute Gasteiger partial charge is 0.492 e. The molecule has 0 fully saturated rings. The van der Waals surface area contributed by atoms with Gasteiger partial charge in [0, 0.05) is 6.54 Å². The third kappa shape index (κ3) is 5.19. The van der Waals surface area contributed by atoms with Crippen LogP contribution in [0.2, 0.25) is 5.02 Å². The van der Waals surface area contributed by atoms with Gasteiger partial charge in [-0.05, 0) is 42.8 Å². The third-order valence-electron chi connectivity index (χ3n) is 5.38. The van der Waals surface area contributed by atoms with Crippen molar-refractivity contribution in [2.75, 3.05) is 31.2 Å². The molecule has 0 N–H and O–H groups in total. The van der Waals surface area contributed by atoms with Crippen molar-refractivity contribution in [3.05, 3.63) is 83.4 Å². The van der Waals surface area contributed by atoms with Crippen molar-refractivity contribution in [2.24, 2.45) is 0 Å². The molecule has 7 nitrogen and oxygen atoms in total. The Morgan fingerprint density at radius 2 is 1.82 bits per heavy atom. The van der Waals surface area contributed by atoms with E-state index in [-0.39, 0.29) is 28.9 Å². The minimum atomic E-state index is -4.05. The normalized spacial score (nSPS) is 13.3. The number of anilines is 1. The van der Waals surface area contributed by atoms with Crippen LogP contribution in [0.3, 0.4) is 0 Å². The zero-order valence-corrected chi connectivity index (χ0v) is 20.3. The van der Waals surface area contributed by atoms with Gasteiger partial charge in [0.05, 0.1) is 35.3 Å². The van der Waals surface area contributed by atoms with Gasteiger partial charge in [0.15, 0.2) is 0 Å². The smallest absolute Gasteiger partial charge is 0.243 e. The summed E-state index contributed by atoms with van der Waals surface area (Å²) in [5, 5.41) is 0.191. The first-order chi connectivity index (χ1) is 16.4. The lowest BCUT2D eigenvalue weighted by atomic mass is 10.2. The molecule has 0 aromatic heterocycles. The summed E-state index contributed by atoms with van der Waals surface area (Å²) in [5.74, 6) is 0.656. The monoisotopic (exact) mass is 500 g/mol. The number of para-hydroxylation sites is 2. The van der Waals surface area contributed by atoms with E-state index in [2.05, 4.69) is 0 Å². The fourth-order valence-electron chi connectivity index (χ4n) is 3.74. The van der Waals surface area contributed by atoms with Crippen LogP contribution in [0.5, 0.6) is 11.5 Å². The van der Waals surface area contributed by atoms with Gasteiger partial charge in [-0.15, -0.1) is 0 Å². The van der Waals surface area contributed by atoms with Gasteiger partial charge in [0.2, 0.25) is 15.9 Å². The topological polar surface area (TPSA) is 76.2 Å². The number of hydrogen-bond donors (Lipinski definition) is 0. The summed E-state index contributed by atoms with van der Waals surface area (Å²) < 4.78 is 39.5. The zero-order valence-electron chi connectivity index (χ0n) is 18.7. The Kier molecular flexibility index (Phi) is 7.41. The molecular weight excluding hydrogens is 476 g/mol. The maximum Gasteiger partial charge on any atom is 0.243 e. The fraction of sp³-hybridized carbons (Fsp3) is 0.240. The average Bonchev–Trinajstić information content (AvgIpc) is 2.85. The van der Waals surface area contributed by atoms with E-state index in [1.165, 1.54) is 22.5 Å². The van der Waals surface area contributed by atoms with E-state index >= 15 is 0 Å². The quantitative estimate of drug-likeness (QED) is 0.459. The molecular formula is C25H25ClN2O5S. The number of ether oxygens (including phenoxy) is 2. The van der Waals surface area contributed by atoms with Crippen LogP contribution in [-0.2, 0) is 21.4 Å². The van der Waals surface area contributed by atoms with Crippen molar-refractivity contribution in [3.63, 3.8) is 0 Å². The number of hydrogen-bond acceptors (Lipinski definition) is 5. The lowest BCUT2D eigenvalue weighted by Gasteiger charge is -2.31. The molecule has 3 aromatic carbocycles. The standard InChI is InChI=1S/C25H25ClN2O5S/c1-2-32-23-13-12-20(16-21(23)26)34(30,31)27(17-19-8-4-3-5-9-19)18-25(29)28-14-15-33-24-11-7-6-10-22(24)28/h3-13,16H,2,14-15,17-18H2,1H3. The molecule has 1 heterocycles. The Morgan fingerprint density at radius 3 is 2.56 bits per heavy atom. The molecule has 0 bridgehead atoms. The summed E-state index contributed by atoms with van der Waals surface area (Å²) in [6.07, 6.45) is 0. The summed E-state index contributed by atoms with van der Waals surface area (Å²) in [6, 6.07) is 20.7. The summed E-state index contributed by atoms with van der Waals surface area (Å²) in [6.45, 7) is 2.59. The number of rotatable bonds is 8. The first kappa shape index (κ1) is 24.1. The fourth-order valence-corrected chi connectivity index (χ4v) is 5.45. The van der Waals surface area contributed by atoms with Gasteiger partial charge >= 0.3 is 0 Å². The first-order valence-electron chi connectivity index (χ1n) is 10.9. The molecule has 1 aliphatic rings. The molecule has 0 saturated heterocycles. The second kappa shape index (κ2) is 10.5. The van der Waals surface area contributed by atoms with Crippen LogP contribution in [0.15, 0.2) is 77.7 Å². The Balaban J connectivity index is 1.66. The molecule has 178 valence electrons. The number of sulfonamides is 1. The van der Waals surface area contributed by atoms with Crippen LogP contribution >= 0.6 is 11.6 Å².